The summed E-state index contributed by atoms with van der Waals surface area (Å²) in [6.45, 7) is 3.40. The zero-order chi connectivity index (χ0) is 13.8. The molecule has 0 saturated carbocycles. The van der Waals surface area contributed by atoms with Crippen LogP contribution < -0.4 is 5.32 Å². The number of nitrogens with zero attached hydrogens (tertiary/aromatic N) is 3. The zero-order valence-electron chi connectivity index (χ0n) is 11.3. The van der Waals surface area contributed by atoms with Crippen molar-refractivity contribution in [1.29, 1.82) is 0 Å². The molecule has 0 aliphatic carbocycles. The summed E-state index contributed by atoms with van der Waals surface area (Å²) >= 11 is 0. The van der Waals surface area contributed by atoms with Gasteiger partial charge in [-0.15, -0.1) is 0 Å². The van der Waals surface area contributed by atoms with Gasteiger partial charge in [-0.1, -0.05) is 17.3 Å². The Hall–Kier alpha value is -2.40. The summed E-state index contributed by atoms with van der Waals surface area (Å²) in [5.74, 6) is 0.839. The fraction of sp³-hybridized carbons (Fsp3) is 0.200. The van der Waals surface area contributed by atoms with Gasteiger partial charge in [-0.25, -0.2) is 4.98 Å². The Bertz CT molecular complexity index is 656. The van der Waals surface area contributed by atoms with Crippen LogP contribution in [-0.2, 0) is 13.1 Å². The quantitative estimate of drug-likeness (QED) is 0.772. The second-order valence-electron chi connectivity index (χ2n) is 4.67. The minimum absolute atomic E-state index is 0.709. The minimum atomic E-state index is 0.709. The molecular weight excluding hydrogens is 252 g/mol. The van der Waals surface area contributed by atoms with Crippen molar-refractivity contribution in [2.45, 2.75) is 20.0 Å². The van der Waals surface area contributed by atoms with Crippen LogP contribution >= 0.6 is 0 Å². The highest BCUT2D eigenvalue weighted by Gasteiger charge is 2.00. The van der Waals surface area contributed by atoms with Crippen molar-refractivity contribution < 1.29 is 4.52 Å². The average molecular weight is 268 g/mol. The van der Waals surface area contributed by atoms with E-state index < -0.39 is 0 Å². The minimum Gasteiger partial charge on any atom is -0.361 e. The van der Waals surface area contributed by atoms with E-state index in [-0.39, 0.29) is 0 Å². The van der Waals surface area contributed by atoms with Crippen molar-refractivity contribution in [2.75, 3.05) is 0 Å². The lowest BCUT2D eigenvalue weighted by Gasteiger charge is -2.05. The number of aromatic nitrogens is 3. The summed E-state index contributed by atoms with van der Waals surface area (Å²) in [6.07, 6.45) is 5.50. The molecule has 20 heavy (non-hydrogen) atoms. The van der Waals surface area contributed by atoms with Gasteiger partial charge in [0.25, 0.3) is 0 Å². The molecule has 2 aromatic heterocycles. The van der Waals surface area contributed by atoms with Gasteiger partial charge in [0, 0.05) is 37.2 Å². The number of hydrogen-bond acceptors (Lipinski definition) is 4. The molecule has 1 aromatic carbocycles. The molecule has 3 aromatic rings. The van der Waals surface area contributed by atoms with Crippen molar-refractivity contribution in [3.63, 3.8) is 0 Å². The highest BCUT2D eigenvalue weighted by atomic mass is 16.5. The van der Waals surface area contributed by atoms with Gasteiger partial charge in [0.15, 0.2) is 0 Å². The maximum atomic E-state index is 5.03. The van der Waals surface area contributed by atoms with Gasteiger partial charge in [-0.3, -0.25) is 0 Å². The van der Waals surface area contributed by atoms with E-state index >= 15 is 0 Å². The second-order valence-corrected chi connectivity index (χ2v) is 4.67. The van der Waals surface area contributed by atoms with Gasteiger partial charge in [0.2, 0.25) is 0 Å². The summed E-state index contributed by atoms with van der Waals surface area (Å²) in [5.41, 5.74) is 3.27. The Morgan fingerprint density at radius 2 is 2.05 bits per heavy atom. The molecule has 102 valence electrons. The van der Waals surface area contributed by atoms with Crippen LogP contribution in [-0.4, -0.2) is 14.7 Å². The predicted molar refractivity (Wildman–Crippen MR) is 75.3 cm³/mol. The fourth-order valence-electron chi connectivity index (χ4n) is 2.03. The monoisotopic (exact) mass is 268 g/mol. The van der Waals surface area contributed by atoms with Crippen LogP contribution in [0.1, 0.15) is 17.0 Å². The highest BCUT2D eigenvalue weighted by Crippen LogP contribution is 2.09. The van der Waals surface area contributed by atoms with Crippen LogP contribution in [0.15, 0.2) is 53.6 Å². The molecule has 5 heteroatoms. The number of rotatable bonds is 5. The number of imidazole rings is 1. The van der Waals surface area contributed by atoms with Crippen LogP contribution in [0.3, 0.4) is 0 Å². The highest BCUT2D eigenvalue weighted by molar-refractivity contribution is 5.34. The molecule has 0 fully saturated rings. The van der Waals surface area contributed by atoms with Gasteiger partial charge in [0.1, 0.15) is 5.76 Å². The molecule has 0 unspecified atom stereocenters. The third-order valence-corrected chi connectivity index (χ3v) is 3.05. The topological polar surface area (TPSA) is 55.9 Å². The summed E-state index contributed by atoms with van der Waals surface area (Å²) in [5, 5.41) is 7.29. The molecule has 0 aliphatic rings. The normalized spacial score (nSPS) is 10.8. The summed E-state index contributed by atoms with van der Waals surface area (Å²) in [6, 6.07) is 10.3. The van der Waals surface area contributed by atoms with Crippen LogP contribution in [0.4, 0.5) is 0 Å². The van der Waals surface area contributed by atoms with Gasteiger partial charge in [-0.2, -0.15) is 0 Å². The van der Waals surface area contributed by atoms with E-state index in [4.69, 9.17) is 4.52 Å². The van der Waals surface area contributed by atoms with Crippen molar-refractivity contribution in [3.05, 3.63) is 66.1 Å². The maximum absolute atomic E-state index is 5.03. The van der Waals surface area contributed by atoms with E-state index in [1.165, 1.54) is 5.56 Å². The molecule has 0 saturated heterocycles. The van der Waals surface area contributed by atoms with Gasteiger partial charge < -0.3 is 14.4 Å². The Labute approximate surface area is 117 Å². The van der Waals surface area contributed by atoms with Crippen molar-refractivity contribution in [1.82, 2.24) is 20.0 Å². The zero-order valence-corrected chi connectivity index (χ0v) is 11.3. The standard InChI is InChI=1S/C15H16N4O/c1-12-8-14(18-20-12)10-17-9-13-2-4-15(5-3-13)19-7-6-16-11-19/h2-8,11,17H,9-10H2,1H3. The van der Waals surface area contributed by atoms with Crippen molar-refractivity contribution >= 4 is 0 Å². The molecule has 0 radical (unpaired) electrons. The molecule has 0 aliphatic heterocycles. The fourth-order valence-corrected chi connectivity index (χ4v) is 2.03. The lowest BCUT2D eigenvalue weighted by atomic mass is 10.2. The largest absolute Gasteiger partial charge is 0.361 e. The molecule has 3 rings (SSSR count). The molecule has 0 spiro atoms. The first-order chi connectivity index (χ1) is 9.81. The summed E-state index contributed by atoms with van der Waals surface area (Å²) < 4.78 is 7.01. The number of benzene rings is 1. The lowest BCUT2D eigenvalue weighted by Crippen LogP contribution is -2.12. The van der Waals surface area contributed by atoms with Gasteiger partial charge >= 0.3 is 0 Å². The summed E-state index contributed by atoms with van der Waals surface area (Å²) in [4.78, 5) is 4.04. The maximum Gasteiger partial charge on any atom is 0.133 e. The SMILES string of the molecule is Cc1cc(CNCc2ccc(-n3ccnc3)cc2)no1. The van der Waals surface area contributed by atoms with Gasteiger partial charge in [-0.05, 0) is 24.6 Å². The third-order valence-electron chi connectivity index (χ3n) is 3.05. The molecular formula is C15H16N4O. The van der Waals surface area contributed by atoms with Crippen LogP contribution in [0.25, 0.3) is 5.69 Å². The predicted octanol–water partition coefficient (Wildman–Crippen LogP) is 2.46. The van der Waals surface area contributed by atoms with E-state index in [0.29, 0.717) is 6.54 Å². The first kappa shape index (κ1) is 12.6. The first-order valence-corrected chi connectivity index (χ1v) is 6.51. The smallest absolute Gasteiger partial charge is 0.133 e. The van der Waals surface area contributed by atoms with Crippen molar-refractivity contribution in [3.8, 4) is 5.69 Å². The molecule has 1 N–H and O–H groups in total. The molecule has 5 nitrogen and oxygen atoms in total. The number of nitrogens with one attached hydrogen (secondary N) is 1. The Balaban J connectivity index is 1.56. The molecule has 0 amide bonds. The Morgan fingerprint density at radius 1 is 1.20 bits per heavy atom. The van der Waals surface area contributed by atoms with Crippen LogP contribution in [0, 0.1) is 6.92 Å². The van der Waals surface area contributed by atoms with Crippen molar-refractivity contribution in [2.24, 2.45) is 0 Å². The van der Waals surface area contributed by atoms with E-state index in [9.17, 15) is 0 Å². The third kappa shape index (κ3) is 2.95. The van der Waals surface area contributed by atoms with E-state index in [0.717, 1.165) is 23.7 Å². The lowest BCUT2D eigenvalue weighted by molar-refractivity contribution is 0.388. The van der Waals surface area contributed by atoms with Gasteiger partial charge in [0.05, 0.1) is 12.0 Å². The van der Waals surface area contributed by atoms with E-state index in [1.54, 1.807) is 12.5 Å². The Morgan fingerprint density at radius 3 is 2.70 bits per heavy atom. The molecule has 0 bridgehead atoms. The number of hydrogen-bond donors (Lipinski definition) is 1. The summed E-state index contributed by atoms with van der Waals surface area (Å²) in [7, 11) is 0. The Kier molecular flexibility index (Phi) is 3.60. The number of aryl methyl sites for hydroxylation is 1. The second kappa shape index (κ2) is 5.71. The molecule has 2 heterocycles. The average Bonchev–Trinajstić information content (AvgIpc) is 3.11. The van der Waals surface area contributed by atoms with Crippen LogP contribution in [0.2, 0.25) is 0 Å². The first-order valence-electron chi connectivity index (χ1n) is 6.51. The van der Waals surface area contributed by atoms with E-state index in [2.05, 4.69) is 39.7 Å². The van der Waals surface area contributed by atoms with E-state index in [1.807, 2.05) is 23.8 Å². The molecule has 0 atom stereocenters. The van der Waals surface area contributed by atoms with Crippen LogP contribution in [0.5, 0.6) is 0 Å².